The fourth-order valence-electron chi connectivity index (χ4n) is 2.04. The van der Waals surface area contributed by atoms with Crippen LogP contribution in [-0.4, -0.2) is 37.8 Å². The number of esters is 1. The highest BCUT2D eigenvalue weighted by Gasteiger charge is 2.15. The molecule has 0 aliphatic rings. The molecule has 1 N–H and O–H groups in total. The molecule has 0 saturated heterocycles. The number of hydrogen-bond donors (Lipinski definition) is 1. The fourth-order valence-corrected chi connectivity index (χ4v) is 2.48. The molecule has 0 amide bonds. The molecule has 8 nitrogen and oxygen atoms in total. The number of nitrogens with one attached hydrogen (secondary N) is 1. The number of carbonyl (C=O) groups excluding carboxylic acids is 1. The van der Waals surface area contributed by atoms with Crippen LogP contribution in [0.2, 0.25) is 10.0 Å². The van der Waals surface area contributed by atoms with E-state index in [9.17, 15) is 14.9 Å². The van der Waals surface area contributed by atoms with E-state index in [0.717, 1.165) is 0 Å². The van der Waals surface area contributed by atoms with Crippen molar-refractivity contribution in [2.45, 2.75) is 0 Å². The average molecular weight is 415 g/mol. The van der Waals surface area contributed by atoms with E-state index in [-0.39, 0.29) is 31.1 Å². The van der Waals surface area contributed by atoms with Gasteiger partial charge in [-0.15, -0.1) is 0 Å². The van der Waals surface area contributed by atoms with Crippen LogP contribution in [0.1, 0.15) is 0 Å². The summed E-state index contributed by atoms with van der Waals surface area (Å²) < 4.78 is 15.2. The van der Waals surface area contributed by atoms with Gasteiger partial charge in [-0.05, 0) is 24.3 Å². The first-order valence-electron chi connectivity index (χ1n) is 7.70. The van der Waals surface area contributed by atoms with Gasteiger partial charge in [0.05, 0.1) is 23.7 Å². The minimum absolute atomic E-state index is 0.127. The normalized spacial score (nSPS) is 10.3. The van der Waals surface area contributed by atoms with Crippen LogP contribution < -0.4 is 10.1 Å². The van der Waals surface area contributed by atoms with E-state index in [4.69, 9.17) is 32.7 Å². The third-order valence-corrected chi connectivity index (χ3v) is 3.83. The van der Waals surface area contributed by atoms with Crippen LogP contribution in [-0.2, 0) is 14.3 Å². The molecule has 0 spiro atoms. The molecule has 0 unspecified atom stereocenters. The Kier molecular flexibility index (Phi) is 7.66. The highest BCUT2D eigenvalue weighted by molar-refractivity contribution is 6.35. The largest absolute Gasteiger partial charge is 0.467 e. The third kappa shape index (κ3) is 6.28. The zero-order valence-corrected chi connectivity index (χ0v) is 15.7. The lowest BCUT2D eigenvalue weighted by Crippen LogP contribution is -2.16. The summed E-state index contributed by atoms with van der Waals surface area (Å²) in [5.41, 5.74) is 0.113. The fraction of sp³-hybridized carbons (Fsp3) is 0.235. The lowest BCUT2D eigenvalue weighted by molar-refractivity contribution is -0.384. The molecular formula is C17H16Cl2N2O6. The molecule has 0 saturated carbocycles. The Morgan fingerprint density at radius 3 is 2.67 bits per heavy atom. The molecule has 2 rings (SSSR count). The molecule has 0 atom stereocenters. The van der Waals surface area contributed by atoms with E-state index in [1.807, 2.05) is 0 Å². The van der Waals surface area contributed by atoms with Crippen LogP contribution in [0.25, 0.3) is 0 Å². The molecule has 144 valence electrons. The number of ether oxygens (including phenoxy) is 3. The smallest absolute Gasteiger partial charge is 0.331 e. The number of nitro groups is 1. The molecule has 2 aromatic carbocycles. The summed E-state index contributed by atoms with van der Waals surface area (Å²) in [5.74, 6) is 0.210. The van der Waals surface area contributed by atoms with E-state index in [1.165, 1.54) is 31.4 Å². The Morgan fingerprint density at radius 1 is 1.22 bits per heavy atom. The minimum Gasteiger partial charge on any atom is -0.467 e. The van der Waals surface area contributed by atoms with E-state index >= 15 is 0 Å². The van der Waals surface area contributed by atoms with Gasteiger partial charge >= 0.3 is 5.97 Å². The Hall–Kier alpha value is -2.55. The molecule has 27 heavy (non-hydrogen) atoms. The Labute approximate surface area is 165 Å². The maximum absolute atomic E-state index is 11.2. The van der Waals surface area contributed by atoms with Gasteiger partial charge in [0.1, 0.15) is 23.8 Å². The molecule has 0 fully saturated rings. The highest BCUT2D eigenvalue weighted by Crippen LogP contribution is 2.35. The standard InChI is InChI=1S/C17H16Cl2N2O6/c1-25-17(22)10-26-7-6-20-14-9-12(3-4-15(14)21(23)24)27-16-5-2-11(18)8-13(16)19/h2-5,8-9,20H,6-7,10H2,1H3. The minimum atomic E-state index is -0.517. The summed E-state index contributed by atoms with van der Waals surface area (Å²) in [6.45, 7) is 0.196. The van der Waals surface area contributed by atoms with Gasteiger partial charge in [0.2, 0.25) is 0 Å². The first kappa shape index (κ1) is 20.8. The molecule has 0 bridgehead atoms. The molecule has 0 radical (unpaired) electrons. The van der Waals surface area contributed by atoms with Gasteiger partial charge in [0.15, 0.2) is 0 Å². The van der Waals surface area contributed by atoms with E-state index in [2.05, 4.69) is 10.1 Å². The van der Waals surface area contributed by atoms with Crippen molar-refractivity contribution in [2.75, 3.05) is 32.2 Å². The number of hydrogen-bond acceptors (Lipinski definition) is 7. The maximum Gasteiger partial charge on any atom is 0.331 e. The van der Waals surface area contributed by atoms with Crippen LogP contribution in [0.3, 0.4) is 0 Å². The predicted molar refractivity (Wildman–Crippen MR) is 101 cm³/mol. The summed E-state index contributed by atoms with van der Waals surface area (Å²) in [4.78, 5) is 21.6. The topological polar surface area (TPSA) is 99.9 Å². The summed E-state index contributed by atoms with van der Waals surface area (Å²) in [6, 6.07) is 9.00. The number of benzene rings is 2. The third-order valence-electron chi connectivity index (χ3n) is 3.30. The summed E-state index contributed by atoms with van der Waals surface area (Å²) in [5, 5.41) is 14.9. The molecule has 10 heteroatoms. The first-order chi connectivity index (χ1) is 12.9. The molecular weight excluding hydrogens is 399 g/mol. The Balaban J connectivity index is 2.06. The van der Waals surface area contributed by atoms with Crippen molar-refractivity contribution in [3.05, 3.63) is 56.6 Å². The Morgan fingerprint density at radius 2 is 2.00 bits per heavy atom. The van der Waals surface area contributed by atoms with Crippen molar-refractivity contribution in [1.29, 1.82) is 0 Å². The van der Waals surface area contributed by atoms with E-state index < -0.39 is 10.9 Å². The number of halogens is 2. The van der Waals surface area contributed by atoms with Crippen LogP contribution in [0.15, 0.2) is 36.4 Å². The lowest BCUT2D eigenvalue weighted by Gasteiger charge is -2.11. The molecule has 0 aliphatic heterocycles. The van der Waals surface area contributed by atoms with Gasteiger partial charge in [0.25, 0.3) is 5.69 Å². The van der Waals surface area contributed by atoms with Crippen molar-refractivity contribution in [2.24, 2.45) is 0 Å². The quantitative estimate of drug-likeness (QED) is 0.282. The van der Waals surface area contributed by atoms with Crippen molar-refractivity contribution in [1.82, 2.24) is 0 Å². The number of methoxy groups -OCH3 is 1. The highest BCUT2D eigenvalue weighted by atomic mass is 35.5. The van der Waals surface area contributed by atoms with Gasteiger partial charge in [-0.3, -0.25) is 10.1 Å². The molecule has 0 aliphatic carbocycles. The van der Waals surface area contributed by atoms with Crippen molar-refractivity contribution < 1.29 is 23.9 Å². The monoisotopic (exact) mass is 414 g/mol. The SMILES string of the molecule is COC(=O)COCCNc1cc(Oc2ccc(Cl)cc2Cl)ccc1[N+](=O)[O-]. The summed E-state index contributed by atoms with van der Waals surface area (Å²) in [7, 11) is 1.26. The van der Waals surface area contributed by atoms with Gasteiger partial charge in [-0.1, -0.05) is 23.2 Å². The summed E-state index contributed by atoms with van der Waals surface area (Å²) >= 11 is 11.9. The van der Waals surface area contributed by atoms with Crippen molar-refractivity contribution in [3.63, 3.8) is 0 Å². The predicted octanol–water partition coefficient (Wildman–Crippen LogP) is 4.30. The Bertz CT molecular complexity index is 831. The van der Waals surface area contributed by atoms with Crippen LogP contribution in [0.5, 0.6) is 11.5 Å². The van der Waals surface area contributed by atoms with Gasteiger partial charge in [-0.2, -0.15) is 0 Å². The molecule has 2 aromatic rings. The van der Waals surface area contributed by atoms with Crippen LogP contribution in [0, 0.1) is 10.1 Å². The zero-order chi connectivity index (χ0) is 19.8. The van der Waals surface area contributed by atoms with Gasteiger partial charge < -0.3 is 19.5 Å². The van der Waals surface area contributed by atoms with E-state index in [1.54, 1.807) is 12.1 Å². The number of carbonyl (C=O) groups is 1. The number of nitrogens with zero attached hydrogens (tertiary/aromatic N) is 1. The van der Waals surface area contributed by atoms with Crippen LogP contribution >= 0.6 is 23.2 Å². The summed E-state index contributed by atoms with van der Waals surface area (Å²) in [6.07, 6.45) is 0. The molecule has 0 heterocycles. The van der Waals surface area contributed by atoms with Crippen molar-refractivity contribution in [3.8, 4) is 11.5 Å². The lowest BCUT2D eigenvalue weighted by atomic mass is 10.2. The second kappa shape index (κ2) is 9.96. The van der Waals surface area contributed by atoms with Crippen molar-refractivity contribution >= 4 is 40.5 Å². The van der Waals surface area contributed by atoms with Crippen LogP contribution in [0.4, 0.5) is 11.4 Å². The second-order valence-corrected chi connectivity index (χ2v) is 6.01. The van der Waals surface area contributed by atoms with Gasteiger partial charge in [0, 0.05) is 23.7 Å². The second-order valence-electron chi connectivity index (χ2n) is 5.17. The maximum atomic E-state index is 11.2. The number of rotatable bonds is 9. The number of nitro benzene ring substituents is 1. The number of anilines is 1. The average Bonchev–Trinajstić information content (AvgIpc) is 2.63. The van der Waals surface area contributed by atoms with E-state index in [0.29, 0.717) is 21.5 Å². The zero-order valence-electron chi connectivity index (χ0n) is 14.2. The van der Waals surface area contributed by atoms with Gasteiger partial charge in [-0.25, -0.2) is 4.79 Å². The molecule has 0 aromatic heterocycles. The first-order valence-corrected chi connectivity index (χ1v) is 8.46.